The first-order valence-electron chi connectivity index (χ1n) is 5.25. The van der Waals surface area contributed by atoms with Crippen LogP contribution in [0.3, 0.4) is 0 Å². The Morgan fingerprint density at radius 2 is 2.11 bits per heavy atom. The molecule has 6 heteroatoms. The summed E-state index contributed by atoms with van der Waals surface area (Å²) < 4.78 is 0. The van der Waals surface area contributed by atoms with Crippen LogP contribution in [0.5, 0.6) is 0 Å². The third-order valence-corrected chi connectivity index (χ3v) is 2.51. The molecule has 0 fully saturated rings. The number of carbonyl (C=O) groups is 1. The van der Waals surface area contributed by atoms with Crippen LogP contribution < -0.4 is 5.32 Å². The Kier molecular flexibility index (Phi) is 3.67. The molecule has 0 bridgehead atoms. The summed E-state index contributed by atoms with van der Waals surface area (Å²) in [4.78, 5) is 21.3. The van der Waals surface area contributed by atoms with E-state index in [4.69, 9.17) is 5.26 Å². The highest BCUT2D eigenvalue weighted by molar-refractivity contribution is 5.91. The van der Waals surface area contributed by atoms with Gasteiger partial charge in [0.15, 0.2) is 0 Å². The fourth-order valence-electron chi connectivity index (χ4n) is 1.43. The quantitative estimate of drug-likeness (QED) is 0.655. The van der Waals surface area contributed by atoms with Gasteiger partial charge < -0.3 is 5.32 Å². The number of nitro benzene ring substituents is 1. The van der Waals surface area contributed by atoms with Gasteiger partial charge in [0.1, 0.15) is 5.69 Å². The molecule has 0 radical (unpaired) electrons. The van der Waals surface area contributed by atoms with Crippen LogP contribution in [0.2, 0.25) is 0 Å². The smallest absolute Gasteiger partial charge is 0.293 e. The third kappa shape index (κ3) is 2.83. The molecular formula is C12H13N3O3. The molecule has 1 aromatic rings. The lowest BCUT2D eigenvalue weighted by molar-refractivity contribution is -0.384. The Hall–Kier alpha value is -2.42. The van der Waals surface area contributed by atoms with Crippen LogP contribution in [0.1, 0.15) is 26.3 Å². The minimum Gasteiger partial charge on any atom is -0.321 e. The summed E-state index contributed by atoms with van der Waals surface area (Å²) in [6, 6.07) is 6.43. The summed E-state index contributed by atoms with van der Waals surface area (Å²) >= 11 is 0. The van der Waals surface area contributed by atoms with E-state index in [2.05, 4.69) is 11.4 Å². The Morgan fingerprint density at radius 3 is 2.56 bits per heavy atom. The predicted molar refractivity (Wildman–Crippen MR) is 66.0 cm³/mol. The van der Waals surface area contributed by atoms with Gasteiger partial charge in [-0.1, -0.05) is 6.07 Å². The standard InChI is InChI=1S/C12H13N3O3/c1-8(16)14-10-5-4-9(12(2,3)7-13)6-11(10)15(17)18/h4-6H,1-3H3,(H,14,16). The van der Waals surface area contributed by atoms with Gasteiger partial charge in [-0.2, -0.15) is 5.26 Å². The molecule has 0 atom stereocenters. The SMILES string of the molecule is CC(=O)Nc1ccc(C(C)(C)C#N)cc1[N+](=O)[O-]. The first-order chi connectivity index (χ1) is 8.27. The lowest BCUT2D eigenvalue weighted by atomic mass is 9.86. The molecule has 0 heterocycles. The van der Waals surface area contributed by atoms with Gasteiger partial charge in [-0.15, -0.1) is 0 Å². The van der Waals surface area contributed by atoms with E-state index < -0.39 is 10.3 Å². The fourth-order valence-corrected chi connectivity index (χ4v) is 1.43. The maximum Gasteiger partial charge on any atom is 0.293 e. The number of benzene rings is 1. The molecule has 1 N–H and O–H groups in total. The van der Waals surface area contributed by atoms with Crippen molar-refractivity contribution in [1.82, 2.24) is 0 Å². The van der Waals surface area contributed by atoms with Gasteiger partial charge in [-0.05, 0) is 25.5 Å². The molecular weight excluding hydrogens is 234 g/mol. The lowest BCUT2D eigenvalue weighted by Gasteiger charge is -2.16. The second kappa shape index (κ2) is 4.84. The predicted octanol–water partition coefficient (Wildman–Crippen LogP) is 2.35. The molecule has 1 amide bonds. The van der Waals surface area contributed by atoms with Gasteiger partial charge in [0.2, 0.25) is 5.91 Å². The molecule has 0 aliphatic carbocycles. The zero-order valence-electron chi connectivity index (χ0n) is 10.4. The highest BCUT2D eigenvalue weighted by Crippen LogP contribution is 2.31. The molecule has 0 saturated carbocycles. The van der Waals surface area contributed by atoms with E-state index in [9.17, 15) is 14.9 Å². The Bertz CT molecular complexity index is 544. The monoisotopic (exact) mass is 247 g/mol. The normalized spacial score (nSPS) is 10.6. The summed E-state index contributed by atoms with van der Waals surface area (Å²) in [5.74, 6) is -0.384. The molecule has 0 saturated heterocycles. The Balaban J connectivity index is 3.33. The molecule has 1 rings (SSSR count). The topological polar surface area (TPSA) is 96.0 Å². The Morgan fingerprint density at radius 1 is 1.50 bits per heavy atom. The molecule has 0 aliphatic heterocycles. The van der Waals surface area contributed by atoms with Gasteiger partial charge >= 0.3 is 0 Å². The van der Waals surface area contributed by atoms with Crippen LogP contribution >= 0.6 is 0 Å². The average Bonchev–Trinajstić information content (AvgIpc) is 2.28. The molecule has 18 heavy (non-hydrogen) atoms. The van der Waals surface area contributed by atoms with Gasteiger partial charge in [0.05, 0.1) is 16.4 Å². The zero-order valence-corrected chi connectivity index (χ0v) is 10.4. The van der Waals surface area contributed by atoms with Crippen LogP contribution in [0.4, 0.5) is 11.4 Å². The number of hydrogen-bond donors (Lipinski definition) is 1. The summed E-state index contributed by atoms with van der Waals surface area (Å²) in [5.41, 5.74) is -0.374. The van der Waals surface area contributed by atoms with E-state index in [1.807, 2.05) is 0 Å². The zero-order chi connectivity index (χ0) is 13.9. The van der Waals surface area contributed by atoms with E-state index in [0.717, 1.165) is 0 Å². The summed E-state index contributed by atoms with van der Waals surface area (Å²) in [6.45, 7) is 4.62. The van der Waals surface area contributed by atoms with Crippen molar-refractivity contribution in [2.24, 2.45) is 0 Å². The second-order valence-electron chi connectivity index (χ2n) is 4.41. The van der Waals surface area contributed by atoms with Crippen LogP contribution in [0, 0.1) is 21.4 Å². The maximum atomic E-state index is 10.9. The van der Waals surface area contributed by atoms with Crippen LogP contribution in [0.25, 0.3) is 0 Å². The molecule has 6 nitrogen and oxygen atoms in total. The highest BCUT2D eigenvalue weighted by Gasteiger charge is 2.24. The second-order valence-corrected chi connectivity index (χ2v) is 4.41. The van der Waals surface area contributed by atoms with E-state index in [0.29, 0.717) is 5.56 Å². The van der Waals surface area contributed by atoms with Crippen molar-refractivity contribution in [2.75, 3.05) is 5.32 Å². The molecule has 0 unspecified atom stereocenters. The van der Waals surface area contributed by atoms with Crippen molar-refractivity contribution < 1.29 is 9.72 Å². The molecule has 94 valence electrons. The summed E-state index contributed by atoms with van der Waals surface area (Å²) in [7, 11) is 0. The van der Waals surface area contributed by atoms with Crippen molar-refractivity contribution >= 4 is 17.3 Å². The number of amides is 1. The van der Waals surface area contributed by atoms with Gasteiger partial charge in [-0.3, -0.25) is 14.9 Å². The number of nitrogens with zero attached hydrogens (tertiary/aromatic N) is 2. The fraction of sp³-hybridized carbons (Fsp3) is 0.333. The summed E-state index contributed by atoms with van der Waals surface area (Å²) in [6.07, 6.45) is 0. The van der Waals surface area contributed by atoms with Crippen molar-refractivity contribution in [3.8, 4) is 6.07 Å². The maximum absolute atomic E-state index is 10.9. The lowest BCUT2D eigenvalue weighted by Crippen LogP contribution is -2.15. The number of carbonyl (C=O) groups excluding carboxylic acids is 1. The number of nitrogens with one attached hydrogen (secondary N) is 1. The van der Waals surface area contributed by atoms with E-state index in [1.54, 1.807) is 19.9 Å². The summed E-state index contributed by atoms with van der Waals surface area (Å²) in [5, 5.41) is 22.3. The number of hydrogen-bond acceptors (Lipinski definition) is 4. The molecule has 1 aromatic carbocycles. The van der Waals surface area contributed by atoms with Gasteiger partial charge in [0.25, 0.3) is 5.69 Å². The van der Waals surface area contributed by atoms with Crippen molar-refractivity contribution in [3.63, 3.8) is 0 Å². The van der Waals surface area contributed by atoms with Crippen LogP contribution in [0.15, 0.2) is 18.2 Å². The van der Waals surface area contributed by atoms with Crippen molar-refractivity contribution in [1.29, 1.82) is 5.26 Å². The highest BCUT2D eigenvalue weighted by atomic mass is 16.6. The minimum absolute atomic E-state index is 0.130. The molecule has 0 aliphatic rings. The Labute approximate surface area is 104 Å². The van der Waals surface area contributed by atoms with E-state index >= 15 is 0 Å². The first-order valence-corrected chi connectivity index (χ1v) is 5.25. The minimum atomic E-state index is -0.820. The van der Waals surface area contributed by atoms with Crippen molar-refractivity contribution in [2.45, 2.75) is 26.2 Å². The number of nitriles is 1. The van der Waals surface area contributed by atoms with Crippen LogP contribution in [-0.4, -0.2) is 10.8 Å². The largest absolute Gasteiger partial charge is 0.321 e. The number of anilines is 1. The van der Waals surface area contributed by atoms with E-state index in [1.165, 1.54) is 19.1 Å². The first kappa shape index (κ1) is 13.6. The van der Waals surface area contributed by atoms with Gasteiger partial charge in [0, 0.05) is 13.0 Å². The van der Waals surface area contributed by atoms with Gasteiger partial charge in [-0.25, -0.2) is 0 Å². The number of rotatable bonds is 3. The van der Waals surface area contributed by atoms with E-state index in [-0.39, 0.29) is 17.3 Å². The molecule has 0 aromatic heterocycles. The van der Waals surface area contributed by atoms with Crippen molar-refractivity contribution in [3.05, 3.63) is 33.9 Å². The molecule has 0 spiro atoms. The number of nitro groups is 1. The average molecular weight is 247 g/mol. The van der Waals surface area contributed by atoms with Crippen LogP contribution in [-0.2, 0) is 10.2 Å². The third-order valence-electron chi connectivity index (χ3n) is 2.51.